The third-order valence-electron chi connectivity index (χ3n) is 4.12. The van der Waals surface area contributed by atoms with Crippen LogP contribution in [-0.2, 0) is 21.2 Å². The summed E-state index contributed by atoms with van der Waals surface area (Å²) < 4.78 is 26.1. The van der Waals surface area contributed by atoms with E-state index in [0.717, 1.165) is 31.2 Å². The molecule has 1 aliphatic heterocycles. The molecule has 128 valence electrons. The van der Waals surface area contributed by atoms with Crippen LogP contribution in [0.3, 0.4) is 0 Å². The van der Waals surface area contributed by atoms with Crippen molar-refractivity contribution in [3.8, 4) is 0 Å². The van der Waals surface area contributed by atoms with E-state index in [4.69, 9.17) is 0 Å². The van der Waals surface area contributed by atoms with Gasteiger partial charge in [-0.2, -0.15) is 0 Å². The van der Waals surface area contributed by atoms with Crippen LogP contribution < -0.4 is 5.32 Å². The molecule has 6 heteroatoms. The summed E-state index contributed by atoms with van der Waals surface area (Å²) in [4.78, 5) is 11.8. The van der Waals surface area contributed by atoms with E-state index < -0.39 is 10.0 Å². The molecule has 1 fully saturated rings. The fourth-order valence-electron chi connectivity index (χ4n) is 2.76. The van der Waals surface area contributed by atoms with Gasteiger partial charge < -0.3 is 5.32 Å². The van der Waals surface area contributed by atoms with Crippen molar-refractivity contribution < 1.29 is 13.2 Å². The molecule has 2 rings (SSSR count). The molecule has 5 nitrogen and oxygen atoms in total. The Balaban J connectivity index is 1.69. The Morgan fingerprint density at radius 2 is 1.70 bits per heavy atom. The number of carbonyl (C=O) groups is 1. The van der Waals surface area contributed by atoms with E-state index in [9.17, 15) is 13.2 Å². The maximum atomic E-state index is 12.3. The topological polar surface area (TPSA) is 66.5 Å². The molecule has 1 amide bonds. The summed E-state index contributed by atoms with van der Waals surface area (Å²) in [5.41, 5.74) is 1.11. The fourth-order valence-corrected chi connectivity index (χ4v) is 4.19. The molecular weight excluding hydrogens is 312 g/mol. The molecule has 0 saturated carbocycles. The zero-order valence-corrected chi connectivity index (χ0v) is 14.4. The summed E-state index contributed by atoms with van der Waals surface area (Å²) in [6.07, 6.45) is 5.12. The van der Waals surface area contributed by atoms with Gasteiger partial charge >= 0.3 is 0 Å². The van der Waals surface area contributed by atoms with Gasteiger partial charge in [-0.05, 0) is 24.8 Å². The van der Waals surface area contributed by atoms with Crippen LogP contribution in [0.15, 0.2) is 30.3 Å². The molecule has 0 aromatic heterocycles. The van der Waals surface area contributed by atoms with Crippen molar-refractivity contribution in [3.05, 3.63) is 35.9 Å². The number of hydrogen-bond acceptors (Lipinski definition) is 3. The molecule has 1 aromatic carbocycles. The second kappa shape index (κ2) is 9.03. The van der Waals surface area contributed by atoms with E-state index in [-0.39, 0.29) is 18.2 Å². The zero-order valence-electron chi connectivity index (χ0n) is 13.5. The second-order valence-corrected chi connectivity index (χ2v) is 8.05. The van der Waals surface area contributed by atoms with Crippen molar-refractivity contribution >= 4 is 15.9 Å². The van der Waals surface area contributed by atoms with E-state index in [1.165, 1.54) is 0 Å². The third kappa shape index (κ3) is 6.31. The van der Waals surface area contributed by atoms with Crippen LogP contribution in [0, 0.1) is 0 Å². The number of carbonyl (C=O) groups excluding carboxylic acids is 1. The molecule has 0 atom stereocenters. The molecule has 1 saturated heterocycles. The van der Waals surface area contributed by atoms with E-state index in [0.29, 0.717) is 25.9 Å². The maximum Gasteiger partial charge on any atom is 0.220 e. The van der Waals surface area contributed by atoms with Crippen LogP contribution in [-0.4, -0.2) is 44.0 Å². The molecule has 1 aromatic rings. The molecule has 0 bridgehead atoms. The number of amides is 1. The van der Waals surface area contributed by atoms with E-state index in [1.807, 2.05) is 30.3 Å². The average Bonchev–Trinajstić information content (AvgIpc) is 2.84. The number of aryl methyl sites for hydroxylation is 1. The first-order valence-electron chi connectivity index (χ1n) is 8.36. The molecule has 0 aliphatic carbocycles. The van der Waals surface area contributed by atoms with Crippen LogP contribution in [0.4, 0.5) is 0 Å². The average molecular weight is 338 g/mol. The van der Waals surface area contributed by atoms with Gasteiger partial charge in [0, 0.05) is 26.1 Å². The minimum absolute atomic E-state index is 0.00984. The number of rotatable bonds is 7. The number of nitrogens with zero attached hydrogens (tertiary/aromatic N) is 1. The van der Waals surface area contributed by atoms with E-state index in [1.54, 1.807) is 4.31 Å². The van der Waals surface area contributed by atoms with Gasteiger partial charge in [0.05, 0.1) is 5.75 Å². The summed E-state index contributed by atoms with van der Waals surface area (Å²) in [5.74, 6) is -0.107. The highest BCUT2D eigenvalue weighted by atomic mass is 32.2. The Labute approximate surface area is 139 Å². The first-order valence-corrected chi connectivity index (χ1v) is 9.97. The van der Waals surface area contributed by atoms with Gasteiger partial charge in [-0.1, -0.05) is 43.2 Å². The number of sulfonamides is 1. The summed E-state index contributed by atoms with van der Waals surface area (Å²) in [7, 11) is -3.25. The summed E-state index contributed by atoms with van der Waals surface area (Å²) in [5, 5.41) is 2.72. The highest BCUT2D eigenvalue weighted by Gasteiger charge is 2.22. The Kier molecular flexibility index (Phi) is 7.05. The Bertz CT molecular complexity index is 579. The first-order chi connectivity index (χ1) is 11.1. The van der Waals surface area contributed by atoms with Crippen LogP contribution in [0.5, 0.6) is 0 Å². The zero-order chi connectivity index (χ0) is 16.5. The number of hydrogen-bond donors (Lipinski definition) is 1. The van der Waals surface area contributed by atoms with Crippen LogP contribution in [0.25, 0.3) is 0 Å². The molecule has 0 radical (unpaired) electrons. The van der Waals surface area contributed by atoms with Gasteiger partial charge in [-0.3, -0.25) is 4.79 Å². The van der Waals surface area contributed by atoms with Crippen LogP contribution in [0.1, 0.15) is 37.7 Å². The Hall–Kier alpha value is -1.40. The molecular formula is C17H26N2O3S. The molecule has 1 heterocycles. The molecule has 1 aliphatic rings. The van der Waals surface area contributed by atoms with Gasteiger partial charge in [-0.25, -0.2) is 12.7 Å². The van der Waals surface area contributed by atoms with Crippen LogP contribution >= 0.6 is 0 Å². The highest BCUT2D eigenvalue weighted by molar-refractivity contribution is 7.89. The Morgan fingerprint density at radius 3 is 2.35 bits per heavy atom. The van der Waals surface area contributed by atoms with Gasteiger partial charge in [0.2, 0.25) is 15.9 Å². The Morgan fingerprint density at radius 1 is 1.04 bits per heavy atom. The fraction of sp³-hybridized carbons (Fsp3) is 0.588. The quantitative estimate of drug-likeness (QED) is 0.826. The predicted octanol–water partition coefficient (Wildman–Crippen LogP) is 1.94. The van der Waals surface area contributed by atoms with Crippen LogP contribution in [0.2, 0.25) is 0 Å². The SMILES string of the molecule is O=C(CCc1ccccc1)NCCS(=O)(=O)N1CCCCCC1. The van der Waals surface area contributed by atoms with Gasteiger partial charge in [-0.15, -0.1) is 0 Å². The van der Waals surface area contributed by atoms with Crippen molar-refractivity contribution in [2.24, 2.45) is 0 Å². The standard InChI is InChI=1S/C17H26N2O3S/c20-17(11-10-16-8-4-3-5-9-16)18-12-15-23(21,22)19-13-6-1-2-7-14-19/h3-5,8-9H,1-2,6-7,10-15H2,(H,18,20). The van der Waals surface area contributed by atoms with Gasteiger partial charge in [0.25, 0.3) is 0 Å². The lowest BCUT2D eigenvalue weighted by molar-refractivity contribution is -0.120. The number of nitrogens with one attached hydrogen (secondary N) is 1. The van der Waals surface area contributed by atoms with E-state index in [2.05, 4.69) is 5.32 Å². The maximum absolute atomic E-state index is 12.3. The summed E-state index contributed by atoms with van der Waals surface area (Å²) >= 11 is 0. The van der Waals surface area contributed by atoms with Crippen molar-refractivity contribution in [2.45, 2.75) is 38.5 Å². The lowest BCUT2D eigenvalue weighted by atomic mass is 10.1. The van der Waals surface area contributed by atoms with Crippen molar-refractivity contribution in [3.63, 3.8) is 0 Å². The number of benzene rings is 1. The van der Waals surface area contributed by atoms with E-state index >= 15 is 0 Å². The van der Waals surface area contributed by atoms with Crippen molar-refractivity contribution in [1.29, 1.82) is 0 Å². The largest absolute Gasteiger partial charge is 0.355 e. The first kappa shape index (κ1) is 17.9. The molecule has 0 unspecified atom stereocenters. The minimum atomic E-state index is -3.25. The molecule has 1 N–H and O–H groups in total. The minimum Gasteiger partial charge on any atom is -0.355 e. The monoisotopic (exact) mass is 338 g/mol. The summed E-state index contributed by atoms with van der Waals surface area (Å²) in [6.45, 7) is 1.42. The third-order valence-corrected chi connectivity index (χ3v) is 6.00. The normalized spacial score (nSPS) is 16.7. The van der Waals surface area contributed by atoms with Gasteiger partial charge in [0.15, 0.2) is 0 Å². The second-order valence-electron chi connectivity index (χ2n) is 5.96. The molecule has 23 heavy (non-hydrogen) atoms. The van der Waals surface area contributed by atoms with Crippen molar-refractivity contribution in [1.82, 2.24) is 9.62 Å². The molecule has 0 spiro atoms. The van der Waals surface area contributed by atoms with Crippen molar-refractivity contribution in [2.75, 3.05) is 25.4 Å². The lowest BCUT2D eigenvalue weighted by Crippen LogP contribution is -2.38. The smallest absolute Gasteiger partial charge is 0.220 e. The van der Waals surface area contributed by atoms with Gasteiger partial charge in [0.1, 0.15) is 0 Å². The lowest BCUT2D eigenvalue weighted by Gasteiger charge is -2.19. The highest BCUT2D eigenvalue weighted by Crippen LogP contribution is 2.13. The predicted molar refractivity (Wildman–Crippen MR) is 91.6 cm³/mol. The summed E-state index contributed by atoms with van der Waals surface area (Å²) in [6, 6.07) is 9.80.